The summed E-state index contributed by atoms with van der Waals surface area (Å²) in [6.45, 7) is 3.42. The van der Waals surface area contributed by atoms with Gasteiger partial charge >= 0.3 is 0 Å². The van der Waals surface area contributed by atoms with Crippen molar-refractivity contribution in [2.75, 3.05) is 40.0 Å². The molecular formula is C16H27IN4O4. The Morgan fingerprint density at radius 1 is 1.40 bits per heavy atom. The first-order chi connectivity index (χ1) is 11.8. The second kappa shape index (κ2) is 13.0. The van der Waals surface area contributed by atoms with Gasteiger partial charge in [0.15, 0.2) is 5.96 Å². The van der Waals surface area contributed by atoms with Crippen LogP contribution in [0.3, 0.4) is 0 Å². The molecule has 9 heteroatoms. The van der Waals surface area contributed by atoms with Crippen LogP contribution in [-0.2, 0) is 20.8 Å². The van der Waals surface area contributed by atoms with Crippen molar-refractivity contribution in [1.29, 1.82) is 0 Å². The minimum absolute atomic E-state index is 0. The quantitative estimate of drug-likeness (QED) is 0.216. The summed E-state index contributed by atoms with van der Waals surface area (Å²) in [5, 5.41) is 8.88. The lowest BCUT2D eigenvalue weighted by atomic mass is 10.3. The standard InChI is InChI=1S/C16H26N4O4.HI/c1-17-16(18-6-3-8-24-14-5-9-22-12-14)20-11-15(21)19-10-13-4-2-7-23-13;/h2,4,7,14H,3,5-6,8-12H2,1H3,(H,19,21)(H2,17,18,20);1H. The molecule has 2 rings (SSSR count). The Morgan fingerprint density at radius 2 is 2.28 bits per heavy atom. The van der Waals surface area contributed by atoms with Crippen molar-refractivity contribution in [1.82, 2.24) is 16.0 Å². The van der Waals surface area contributed by atoms with Crippen molar-refractivity contribution in [3.05, 3.63) is 24.2 Å². The van der Waals surface area contributed by atoms with Crippen molar-refractivity contribution in [2.24, 2.45) is 4.99 Å². The Hall–Kier alpha value is -1.33. The third kappa shape index (κ3) is 9.07. The number of hydrogen-bond donors (Lipinski definition) is 3. The molecule has 0 radical (unpaired) electrons. The summed E-state index contributed by atoms with van der Waals surface area (Å²) in [5.41, 5.74) is 0. The maximum atomic E-state index is 11.8. The van der Waals surface area contributed by atoms with Crippen LogP contribution in [0.15, 0.2) is 27.8 Å². The summed E-state index contributed by atoms with van der Waals surface area (Å²) in [7, 11) is 1.67. The van der Waals surface area contributed by atoms with Gasteiger partial charge in [-0.1, -0.05) is 0 Å². The molecule has 8 nitrogen and oxygen atoms in total. The molecule has 1 aliphatic rings. The van der Waals surface area contributed by atoms with Gasteiger partial charge in [0.05, 0.1) is 32.1 Å². The van der Waals surface area contributed by atoms with Crippen LogP contribution in [0.4, 0.5) is 0 Å². The molecule has 1 atom stereocenters. The smallest absolute Gasteiger partial charge is 0.239 e. The molecule has 1 unspecified atom stereocenters. The van der Waals surface area contributed by atoms with Crippen molar-refractivity contribution >= 4 is 35.8 Å². The molecule has 0 bridgehead atoms. The summed E-state index contributed by atoms with van der Waals surface area (Å²) in [6, 6.07) is 3.60. The highest BCUT2D eigenvalue weighted by Gasteiger charge is 2.15. The second-order valence-corrected chi connectivity index (χ2v) is 5.42. The van der Waals surface area contributed by atoms with Gasteiger partial charge in [-0.05, 0) is 25.0 Å². The SMILES string of the molecule is CN=C(NCCCOC1CCOC1)NCC(=O)NCc1ccco1.I. The van der Waals surface area contributed by atoms with Crippen LogP contribution >= 0.6 is 24.0 Å². The predicted octanol–water partition coefficient (Wildman–Crippen LogP) is 0.874. The molecule has 0 saturated carbocycles. The van der Waals surface area contributed by atoms with Crippen LogP contribution in [0, 0.1) is 0 Å². The Balaban J connectivity index is 0.00000312. The van der Waals surface area contributed by atoms with Crippen LogP contribution in [0.25, 0.3) is 0 Å². The lowest BCUT2D eigenvalue weighted by molar-refractivity contribution is -0.120. The number of guanidine groups is 1. The lowest BCUT2D eigenvalue weighted by Gasteiger charge is -2.13. The van der Waals surface area contributed by atoms with Crippen molar-refractivity contribution in [3.63, 3.8) is 0 Å². The van der Waals surface area contributed by atoms with Crippen LogP contribution in [-0.4, -0.2) is 57.9 Å². The van der Waals surface area contributed by atoms with E-state index in [1.807, 2.05) is 6.07 Å². The number of amides is 1. The van der Waals surface area contributed by atoms with E-state index in [-0.39, 0.29) is 42.5 Å². The fourth-order valence-electron chi connectivity index (χ4n) is 2.22. The van der Waals surface area contributed by atoms with Gasteiger partial charge in [-0.2, -0.15) is 0 Å². The topological polar surface area (TPSA) is 97.1 Å². The van der Waals surface area contributed by atoms with E-state index in [1.165, 1.54) is 0 Å². The van der Waals surface area contributed by atoms with Crippen molar-refractivity contribution < 1.29 is 18.7 Å². The van der Waals surface area contributed by atoms with Crippen molar-refractivity contribution in [2.45, 2.75) is 25.5 Å². The molecule has 142 valence electrons. The maximum absolute atomic E-state index is 11.8. The number of halogens is 1. The van der Waals surface area contributed by atoms with Gasteiger partial charge in [0.25, 0.3) is 0 Å². The number of carbonyl (C=O) groups excluding carboxylic acids is 1. The number of nitrogens with one attached hydrogen (secondary N) is 3. The summed E-state index contributed by atoms with van der Waals surface area (Å²) in [4.78, 5) is 15.8. The number of hydrogen-bond acceptors (Lipinski definition) is 5. The molecule has 0 aromatic carbocycles. The summed E-state index contributed by atoms with van der Waals surface area (Å²) in [5.74, 6) is 1.18. The highest BCUT2D eigenvalue weighted by Crippen LogP contribution is 2.07. The summed E-state index contributed by atoms with van der Waals surface area (Å²) >= 11 is 0. The molecule has 1 aromatic rings. The number of furan rings is 1. The van der Waals surface area contributed by atoms with E-state index in [0.717, 1.165) is 31.8 Å². The second-order valence-electron chi connectivity index (χ2n) is 5.42. The van der Waals surface area contributed by atoms with Gasteiger partial charge in [0.1, 0.15) is 5.76 Å². The highest BCUT2D eigenvalue weighted by molar-refractivity contribution is 14.0. The average Bonchev–Trinajstić information content (AvgIpc) is 3.29. The minimum atomic E-state index is -0.126. The first kappa shape index (κ1) is 21.7. The maximum Gasteiger partial charge on any atom is 0.239 e. The Labute approximate surface area is 165 Å². The number of carbonyl (C=O) groups is 1. The predicted molar refractivity (Wildman–Crippen MR) is 105 cm³/mol. The molecule has 3 N–H and O–H groups in total. The van der Waals surface area contributed by atoms with Crippen LogP contribution in [0.2, 0.25) is 0 Å². The third-order valence-corrected chi connectivity index (χ3v) is 3.53. The zero-order valence-corrected chi connectivity index (χ0v) is 16.8. The molecular weight excluding hydrogens is 439 g/mol. The molecule has 2 heterocycles. The van der Waals surface area contributed by atoms with E-state index in [4.69, 9.17) is 13.9 Å². The molecule has 1 aliphatic heterocycles. The normalized spacial score (nSPS) is 17.0. The highest BCUT2D eigenvalue weighted by atomic mass is 127. The average molecular weight is 466 g/mol. The van der Waals surface area contributed by atoms with Gasteiger partial charge in [-0.3, -0.25) is 9.79 Å². The molecule has 1 fully saturated rings. The van der Waals surface area contributed by atoms with Crippen LogP contribution in [0.5, 0.6) is 0 Å². The number of ether oxygens (including phenoxy) is 2. The van der Waals surface area contributed by atoms with Gasteiger partial charge in [0, 0.05) is 26.8 Å². The summed E-state index contributed by atoms with van der Waals surface area (Å²) < 4.78 is 16.1. The monoisotopic (exact) mass is 466 g/mol. The molecule has 0 aliphatic carbocycles. The van der Waals surface area contributed by atoms with E-state index in [9.17, 15) is 4.79 Å². The van der Waals surface area contributed by atoms with E-state index >= 15 is 0 Å². The van der Waals surface area contributed by atoms with Crippen molar-refractivity contribution in [3.8, 4) is 0 Å². The zero-order valence-electron chi connectivity index (χ0n) is 14.5. The number of rotatable bonds is 9. The van der Waals surface area contributed by atoms with Gasteiger partial charge < -0.3 is 29.8 Å². The van der Waals surface area contributed by atoms with Gasteiger partial charge in [-0.25, -0.2) is 0 Å². The minimum Gasteiger partial charge on any atom is -0.467 e. The number of nitrogens with zero attached hydrogens (tertiary/aromatic N) is 1. The first-order valence-electron chi connectivity index (χ1n) is 8.21. The fourth-order valence-corrected chi connectivity index (χ4v) is 2.22. The third-order valence-electron chi connectivity index (χ3n) is 3.53. The van der Waals surface area contributed by atoms with Crippen LogP contribution in [0.1, 0.15) is 18.6 Å². The molecule has 1 aromatic heterocycles. The Morgan fingerprint density at radius 3 is 2.96 bits per heavy atom. The fraction of sp³-hybridized carbons (Fsp3) is 0.625. The van der Waals surface area contributed by atoms with Crippen LogP contribution < -0.4 is 16.0 Å². The lowest BCUT2D eigenvalue weighted by Crippen LogP contribution is -2.43. The Bertz CT molecular complexity index is 504. The molecule has 1 amide bonds. The number of aliphatic imine (C=N–C) groups is 1. The van der Waals surface area contributed by atoms with E-state index in [0.29, 0.717) is 25.7 Å². The molecule has 0 spiro atoms. The summed E-state index contributed by atoms with van der Waals surface area (Å²) in [6.07, 6.45) is 3.65. The largest absolute Gasteiger partial charge is 0.467 e. The molecule has 1 saturated heterocycles. The Kier molecular flexibility index (Phi) is 11.2. The van der Waals surface area contributed by atoms with Gasteiger partial charge in [-0.15, -0.1) is 24.0 Å². The van der Waals surface area contributed by atoms with E-state index in [2.05, 4.69) is 20.9 Å². The molecule has 25 heavy (non-hydrogen) atoms. The van der Waals surface area contributed by atoms with Gasteiger partial charge in [0.2, 0.25) is 5.91 Å². The van der Waals surface area contributed by atoms with E-state index < -0.39 is 0 Å². The first-order valence-corrected chi connectivity index (χ1v) is 8.21. The van der Waals surface area contributed by atoms with E-state index in [1.54, 1.807) is 19.4 Å². The zero-order chi connectivity index (χ0) is 17.0.